The maximum Gasteiger partial charge on any atom is 0.238 e. The molecule has 5 nitrogen and oxygen atoms in total. The highest BCUT2D eigenvalue weighted by Gasteiger charge is 2.31. The SMILES string of the molecule is Cc1ccc(S(=O)(=O)C(C)C(=O)NCC2CCCO2)c(C)c1. The molecule has 1 aliphatic rings. The largest absolute Gasteiger partial charge is 0.376 e. The van der Waals surface area contributed by atoms with Gasteiger partial charge < -0.3 is 10.1 Å². The van der Waals surface area contributed by atoms with E-state index >= 15 is 0 Å². The smallest absolute Gasteiger partial charge is 0.238 e. The van der Waals surface area contributed by atoms with Crippen LogP contribution in [0.2, 0.25) is 0 Å². The van der Waals surface area contributed by atoms with Gasteiger partial charge in [-0.25, -0.2) is 8.42 Å². The molecule has 2 atom stereocenters. The molecule has 22 heavy (non-hydrogen) atoms. The lowest BCUT2D eigenvalue weighted by Gasteiger charge is -2.17. The number of carbonyl (C=O) groups is 1. The molecule has 1 saturated heterocycles. The molecule has 2 unspecified atom stereocenters. The number of benzene rings is 1. The van der Waals surface area contributed by atoms with Gasteiger partial charge in [-0.15, -0.1) is 0 Å². The Hall–Kier alpha value is -1.40. The van der Waals surface area contributed by atoms with E-state index in [4.69, 9.17) is 4.74 Å². The van der Waals surface area contributed by atoms with Crippen molar-refractivity contribution in [1.82, 2.24) is 5.32 Å². The number of hydrogen-bond acceptors (Lipinski definition) is 4. The van der Waals surface area contributed by atoms with E-state index in [0.29, 0.717) is 18.7 Å². The highest BCUT2D eigenvalue weighted by molar-refractivity contribution is 7.92. The third-order valence-electron chi connectivity index (χ3n) is 4.00. The van der Waals surface area contributed by atoms with E-state index < -0.39 is 21.0 Å². The van der Waals surface area contributed by atoms with Gasteiger partial charge in [0.25, 0.3) is 0 Å². The molecule has 0 saturated carbocycles. The number of rotatable bonds is 5. The van der Waals surface area contributed by atoms with E-state index in [1.165, 1.54) is 6.92 Å². The summed E-state index contributed by atoms with van der Waals surface area (Å²) in [6, 6.07) is 5.13. The molecule has 0 spiro atoms. The monoisotopic (exact) mass is 325 g/mol. The van der Waals surface area contributed by atoms with Crippen molar-refractivity contribution >= 4 is 15.7 Å². The van der Waals surface area contributed by atoms with Crippen LogP contribution >= 0.6 is 0 Å². The molecule has 1 fully saturated rings. The predicted octanol–water partition coefficient (Wildman–Crippen LogP) is 1.76. The second kappa shape index (κ2) is 6.79. The second-order valence-electron chi connectivity index (χ2n) is 5.84. The summed E-state index contributed by atoms with van der Waals surface area (Å²) in [5.74, 6) is -0.476. The van der Waals surface area contributed by atoms with Crippen LogP contribution in [0.3, 0.4) is 0 Å². The summed E-state index contributed by atoms with van der Waals surface area (Å²) in [4.78, 5) is 12.4. The summed E-state index contributed by atoms with van der Waals surface area (Å²) in [6.07, 6.45) is 1.88. The zero-order valence-electron chi connectivity index (χ0n) is 13.3. The summed E-state index contributed by atoms with van der Waals surface area (Å²) >= 11 is 0. The minimum absolute atomic E-state index is 0.0000323. The van der Waals surface area contributed by atoms with Gasteiger partial charge in [-0.2, -0.15) is 0 Å². The van der Waals surface area contributed by atoms with Crippen LogP contribution in [0, 0.1) is 13.8 Å². The van der Waals surface area contributed by atoms with Crippen molar-refractivity contribution in [2.75, 3.05) is 13.2 Å². The second-order valence-corrected chi connectivity index (χ2v) is 8.07. The van der Waals surface area contributed by atoms with Crippen molar-refractivity contribution in [3.63, 3.8) is 0 Å². The number of amides is 1. The molecule has 0 aliphatic carbocycles. The van der Waals surface area contributed by atoms with Crippen LogP contribution < -0.4 is 5.32 Å². The standard InChI is InChI=1S/C16H23NO4S/c1-11-6-7-15(12(2)9-11)22(19,20)13(3)16(18)17-10-14-5-4-8-21-14/h6-7,9,13-14H,4-5,8,10H2,1-3H3,(H,17,18). The quantitative estimate of drug-likeness (QED) is 0.895. The van der Waals surface area contributed by atoms with Crippen LogP contribution in [0.25, 0.3) is 0 Å². The first kappa shape index (κ1) is 17.0. The Morgan fingerprint density at radius 2 is 2.14 bits per heavy atom. The third kappa shape index (κ3) is 3.67. The first-order valence-corrected chi connectivity index (χ1v) is 9.07. The fourth-order valence-electron chi connectivity index (χ4n) is 2.61. The van der Waals surface area contributed by atoms with Crippen LogP contribution in [0.1, 0.15) is 30.9 Å². The maximum atomic E-state index is 12.6. The van der Waals surface area contributed by atoms with Gasteiger partial charge in [0.2, 0.25) is 5.91 Å². The fourth-order valence-corrected chi connectivity index (χ4v) is 4.12. The molecule has 1 aromatic carbocycles. The Labute approximate surface area is 132 Å². The molecule has 1 amide bonds. The number of hydrogen-bond donors (Lipinski definition) is 1. The minimum Gasteiger partial charge on any atom is -0.376 e. The summed E-state index contributed by atoms with van der Waals surface area (Å²) in [5.41, 5.74) is 1.66. The van der Waals surface area contributed by atoms with E-state index in [2.05, 4.69) is 5.32 Å². The zero-order valence-corrected chi connectivity index (χ0v) is 14.1. The van der Waals surface area contributed by atoms with Crippen molar-refractivity contribution < 1.29 is 17.9 Å². The Morgan fingerprint density at radius 3 is 2.73 bits per heavy atom. The van der Waals surface area contributed by atoms with Gasteiger partial charge in [0, 0.05) is 13.2 Å². The third-order valence-corrected chi connectivity index (χ3v) is 6.22. The van der Waals surface area contributed by atoms with Gasteiger partial charge in [-0.1, -0.05) is 17.7 Å². The van der Waals surface area contributed by atoms with Gasteiger partial charge >= 0.3 is 0 Å². The molecule has 1 aromatic rings. The summed E-state index contributed by atoms with van der Waals surface area (Å²) in [6.45, 7) is 6.15. The predicted molar refractivity (Wildman–Crippen MR) is 84.5 cm³/mol. The van der Waals surface area contributed by atoms with E-state index in [0.717, 1.165) is 18.4 Å². The van der Waals surface area contributed by atoms with Crippen molar-refractivity contribution in [3.05, 3.63) is 29.3 Å². The fraction of sp³-hybridized carbons (Fsp3) is 0.562. The molecule has 6 heteroatoms. The lowest BCUT2D eigenvalue weighted by Crippen LogP contribution is -2.41. The van der Waals surface area contributed by atoms with Crippen LogP contribution in [-0.2, 0) is 19.4 Å². The number of ether oxygens (including phenoxy) is 1. The average molecular weight is 325 g/mol. The highest BCUT2D eigenvalue weighted by Crippen LogP contribution is 2.21. The Bertz CT molecular complexity index is 648. The number of nitrogens with one attached hydrogen (secondary N) is 1. The van der Waals surface area contributed by atoms with Crippen LogP contribution in [0.15, 0.2) is 23.1 Å². The molecule has 0 radical (unpaired) electrons. The first-order valence-electron chi connectivity index (χ1n) is 7.53. The molecule has 0 aromatic heterocycles. The summed E-state index contributed by atoms with van der Waals surface area (Å²) in [5, 5.41) is 1.57. The Kier molecular flexibility index (Phi) is 5.24. The molecular weight excluding hydrogens is 302 g/mol. The molecule has 1 heterocycles. The summed E-state index contributed by atoms with van der Waals surface area (Å²) < 4.78 is 30.6. The summed E-state index contributed by atoms with van der Waals surface area (Å²) in [7, 11) is -3.68. The molecule has 122 valence electrons. The van der Waals surface area contributed by atoms with Crippen molar-refractivity contribution in [2.45, 2.75) is 49.9 Å². The van der Waals surface area contributed by atoms with Crippen LogP contribution in [-0.4, -0.2) is 38.8 Å². The van der Waals surface area contributed by atoms with E-state index in [1.807, 2.05) is 13.0 Å². The van der Waals surface area contributed by atoms with Crippen LogP contribution in [0.5, 0.6) is 0 Å². The maximum absolute atomic E-state index is 12.6. The average Bonchev–Trinajstić information content (AvgIpc) is 2.96. The number of aryl methyl sites for hydroxylation is 2. The van der Waals surface area contributed by atoms with Crippen molar-refractivity contribution in [2.24, 2.45) is 0 Å². The van der Waals surface area contributed by atoms with Gasteiger partial charge in [0.05, 0.1) is 11.0 Å². The molecule has 2 rings (SSSR count). The van der Waals surface area contributed by atoms with Crippen LogP contribution in [0.4, 0.5) is 0 Å². The van der Waals surface area contributed by atoms with E-state index in [-0.39, 0.29) is 11.0 Å². The molecular formula is C16H23NO4S. The lowest BCUT2D eigenvalue weighted by atomic mass is 10.2. The van der Waals surface area contributed by atoms with Crippen molar-refractivity contribution in [1.29, 1.82) is 0 Å². The number of carbonyl (C=O) groups excluding carboxylic acids is 1. The van der Waals surface area contributed by atoms with Crippen molar-refractivity contribution in [3.8, 4) is 0 Å². The normalized spacial score (nSPS) is 19.9. The first-order chi connectivity index (χ1) is 10.3. The topological polar surface area (TPSA) is 72.5 Å². The lowest BCUT2D eigenvalue weighted by molar-refractivity contribution is -0.120. The number of sulfone groups is 1. The van der Waals surface area contributed by atoms with Gasteiger partial charge in [0.1, 0.15) is 5.25 Å². The highest BCUT2D eigenvalue weighted by atomic mass is 32.2. The Morgan fingerprint density at radius 1 is 1.41 bits per heavy atom. The van der Waals surface area contributed by atoms with E-state index in [9.17, 15) is 13.2 Å². The molecule has 1 aliphatic heterocycles. The molecule has 1 N–H and O–H groups in total. The van der Waals surface area contributed by atoms with Gasteiger partial charge in [-0.3, -0.25) is 4.79 Å². The minimum atomic E-state index is -3.68. The Balaban J connectivity index is 2.08. The van der Waals surface area contributed by atoms with E-state index in [1.54, 1.807) is 19.1 Å². The van der Waals surface area contributed by atoms with Gasteiger partial charge in [-0.05, 0) is 45.2 Å². The van der Waals surface area contributed by atoms with Gasteiger partial charge in [0.15, 0.2) is 9.84 Å². The zero-order chi connectivity index (χ0) is 16.3. The molecule has 0 bridgehead atoms.